The van der Waals surface area contributed by atoms with Crippen LogP contribution in [0.25, 0.3) is 0 Å². The molecule has 2 unspecified atom stereocenters. The topological polar surface area (TPSA) is 111 Å². The maximum Gasteiger partial charge on any atom is 0.407 e. The third-order valence-electron chi connectivity index (χ3n) is 3.29. The van der Waals surface area contributed by atoms with Gasteiger partial charge in [0.15, 0.2) is 0 Å². The van der Waals surface area contributed by atoms with Gasteiger partial charge in [0.25, 0.3) is 0 Å². The number of phenolic OH excluding ortho intramolecular Hbond substituents is 1. The Morgan fingerprint density at radius 1 is 1.22 bits per heavy atom. The predicted molar refractivity (Wildman–Crippen MR) is 91.0 cm³/mol. The number of hydrogen-bond donors (Lipinski definition) is 4. The number of carbonyl (C=O) groups excluding carboxylic acids is 1. The Morgan fingerprint density at radius 2 is 1.74 bits per heavy atom. The van der Waals surface area contributed by atoms with E-state index in [2.05, 4.69) is 5.32 Å². The quantitative estimate of drug-likeness (QED) is 0.667. The summed E-state index contributed by atoms with van der Waals surface area (Å²) in [5.74, 6) is 0.209. The summed E-state index contributed by atoms with van der Waals surface area (Å²) in [6.07, 6.45) is 2.84. The fourth-order valence-corrected chi connectivity index (χ4v) is 2.15. The first kappa shape index (κ1) is 19.3. The van der Waals surface area contributed by atoms with Gasteiger partial charge in [-0.25, -0.2) is 4.79 Å². The zero-order valence-electron chi connectivity index (χ0n) is 14.2. The molecule has 1 aliphatic carbocycles. The van der Waals surface area contributed by atoms with E-state index < -0.39 is 11.7 Å². The Bertz CT molecular complexity index is 475. The van der Waals surface area contributed by atoms with Gasteiger partial charge in [-0.2, -0.15) is 0 Å². The fourth-order valence-electron chi connectivity index (χ4n) is 2.15. The summed E-state index contributed by atoms with van der Waals surface area (Å²) >= 11 is 0. The molecule has 0 heterocycles. The summed E-state index contributed by atoms with van der Waals surface area (Å²) in [5, 5.41) is 11.7. The van der Waals surface area contributed by atoms with Gasteiger partial charge >= 0.3 is 6.09 Å². The molecule has 2 rings (SSSR count). The number of ether oxygens (including phenoxy) is 1. The fraction of sp³-hybridized carbons (Fsp3) is 0.588. The van der Waals surface area contributed by atoms with Crippen LogP contribution in [0.2, 0.25) is 0 Å². The van der Waals surface area contributed by atoms with Crippen molar-refractivity contribution in [2.75, 3.05) is 0 Å². The van der Waals surface area contributed by atoms with Crippen LogP contribution in [-0.4, -0.2) is 28.9 Å². The van der Waals surface area contributed by atoms with Crippen molar-refractivity contribution in [3.05, 3.63) is 29.8 Å². The highest BCUT2D eigenvalue weighted by molar-refractivity contribution is 5.67. The largest absolute Gasteiger partial charge is 0.508 e. The number of nitrogens with one attached hydrogen (secondary N) is 1. The Kier molecular flexibility index (Phi) is 7.32. The molecule has 130 valence electrons. The van der Waals surface area contributed by atoms with Gasteiger partial charge in [0, 0.05) is 18.6 Å². The number of carbonyl (C=O) groups is 1. The van der Waals surface area contributed by atoms with Crippen LogP contribution >= 0.6 is 0 Å². The van der Waals surface area contributed by atoms with E-state index >= 15 is 0 Å². The Balaban J connectivity index is 0.000000313. The summed E-state index contributed by atoms with van der Waals surface area (Å²) in [4.78, 5) is 11.3. The molecule has 2 atom stereocenters. The van der Waals surface area contributed by atoms with Gasteiger partial charge in [-0.3, -0.25) is 0 Å². The van der Waals surface area contributed by atoms with Crippen molar-refractivity contribution in [1.82, 2.24) is 5.32 Å². The van der Waals surface area contributed by atoms with Gasteiger partial charge in [0.2, 0.25) is 0 Å². The zero-order chi connectivity index (χ0) is 17.5. The van der Waals surface area contributed by atoms with E-state index in [1.165, 1.54) is 0 Å². The maximum absolute atomic E-state index is 11.3. The first-order chi connectivity index (χ1) is 10.7. The Labute approximate surface area is 138 Å². The lowest BCUT2D eigenvalue weighted by Crippen LogP contribution is -2.32. The van der Waals surface area contributed by atoms with Crippen molar-refractivity contribution in [1.29, 1.82) is 0 Å². The lowest BCUT2D eigenvalue weighted by atomic mass is 10.2. The third-order valence-corrected chi connectivity index (χ3v) is 3.29. The highest BCUT2D eigenvalue weighted by Gasteiger charge is 2.17. The van der Waals surface area contributed by atoms with Crippen LogP contribution < -0.4 is 16.8 Å². The van der Waals surface area contributed by atoms with Crippen LogP contribution in [0.15, 0.2) is 24.3 Å². The standard InChI is InChI=1S/C12H17NO3.C5H12N2/c1-12(2,3)16-11(15)13-8-9-4-6-10(14)7-5-9;6-4-1-2-5(7)3-4/h4-7,14H,8H2,1-3H3,(H,13,15);4-5H,1-3,6-7H2. The minimum absolute atomic E-state index is 0.209. The number of hydrogen-bond acceptors (Lipinski definition) is 5. The van der Waals surface area contributed by atoms with E-state index in [4.69, 9.17) is 21.3 Å². The highest BCUT2D eigenvalue weighted by atomic mass is 16.6. The Hall–Kier alpha value is -1.79. The molecule has 23 heavy (non-hydrogen) atoms. The zero-order valence-corrected chi connectivity index (χ0v) is 14.2. The number of aromatic hydroxyl groups is 1. The molecule has 0 radical (unpaired) electrons. The van der Waals surface area contributed by atoms with Crippen molar-refractivity contribution in [2.24, 2.45) is 11.5 Å². The minimum Gasteiger partial charge on any atom is -0.508 e. The summed E-state index contributed by atoms with van der Waals surface area (Å²) in [6, 6.07) is 7.43. The van der Waals surface area contributed by atoms with Crippen LogP contribution in [0.5, 0.6) is 5.75 Å². The maximum atomic E-state index is 11.3. The second kappa shape index (κ2) is 8.74. The van der Waals surface area contributed by atoms with Gasteiger partial charge in [-0.05, 0) is 57.7 Å². The lowest BCUT2D eigenvalue weighted by molar-refractivity contribution is 0.0523. The predicted octanol–water partition coefficient (Wildman–Crippen LogP) is 2.24. The summed E-state index contributed by atoms with van der Waals surface area (Å²) < 4.78 is 5.08. The van der Waals surface area contributed by atoms with E-state index in [1.54, 1.807) is 24.3 Å². The molecule has 6 nitrogen and oxygen atoms in total. The van der Waals surface area contributed by atoms with Crippen molar-refractivity contribution in [2.45, 2.75) is 64.3 Å². The molecular weight excluding hydrogens is 294 g/mol. The highest BCUT2D eigenvalue weighted by Crippen LogP contribution is 2.14. The van der Waals surface area contributed by atoms with E-state index in [0.29, 0.717) is 18.6 Å². The summed E-state index contributed by atoms with van der Waals surface area (Å²) in [5.41, 5.74) is 11.5. The molecular formula is C17H29N3O3. The molecule has 1 saturated carbocycles. The van der Waals surface area contributed by atoms with Crippen LogP contribution in [0, 0.1) is 0 Å². The second-order valence-electron chi connectivity index (χ2n) is 6.86. The number of benzene rings is 1. The van der Waals surface area contributed by atoms with Crippen molar-refractivity contribution in [3.8, 4) is 5.75 Å². The molecule has 6 N–H and O–H groups in total. The molecule has 0 spiro atoms. The van der Waals surface area contributed by atoms with Gasteiger partial charge in [0.05, 0.1) is 0 Å². The number of rotatable bonds is 2. The molecule has 1 aromatic rings. The number of alkyl carbamates (subject to hydrolysis) is 1. The normalized spacial score (nSPS) is 20.4. The lowest BCUT2D eigenvalue weighted by Gasteiger charge is -2.19. The average molecular weight is 323 g/mol. The molecule has 0 saturated heterocycles. The van der Waals surface area contributed by atoms with Gasteiger partial charge in [-0.1, -0.05) is 12.1 Å². The Morgan fingerprint density at radius 3 is 2.13 bits per heavy atom. The first-order valence-electron chi connectivity index (χ1n) is 7.91. The minimum atomic E-state index is -0.487. The molecule has 0 aromatic heterocycles. The van der Waals surface area contributed by atoms with E-state index in [0.717, 1.165) is 24.8 Å². The van der Waals surface area contributed by atoms with E-state index in [1.807, 2.05) is 20.8 Å². The van der Waals surface area contributed by atoms with E-state index in [-0.39, 0.29) is 5.75 Å². The number of phenols is 1. The SMILES string of the molecule is CC(C)(C)OC(=O)NCc1ccc(O)cc1.NC1CCC(N)C1. The molecule has 0 bridgehead atoms. The smallest absolute Gasteiger partial charge is 0.407 e. The van der Waals surface area contributed by atoms with Crippen molar-refractivity contribution >= 4 is 6.09 Å². The van der Waals surface area contributed by atoms with Gasteiger partial charge in [-0.15, -0.1) is 0 Å². The molecule has 0 aliphatic heterocycles. The van der Waals surface area contributed by atoms with Crippen molar-refractivity contribution in [3.63, 3.8) is 0 Å². The van der Waals surface area contributed by atoms with Crippen molar-refractivity contribution < 1.29 is 14.6 Å². The van der Waals surface area contributed by atoms with Crippen LogP contribution in [0.4, 0.5) is 4.79 Å². The summed E-state index contributed by atoms with van der Waals surface area (Å²) in [7, 11) is 0. The summed E-state index contributed by atoms with van der Waals surface area (Å²) in [6.45, 7) is 5.82. The molecule has 1 fully saturated rings. The van der Waals surface area contributed by atoms with Crippen LogP contribution in [0.1, 0.15) is 45.6 Å². The number of amides is 1. The average Bonchev–Trinajstić information content (AvgIpc) is 2.80. The molecule has 1 amide bonds. The van der Waals surface area contributed by atoms with E-state index in [9.17, 15) is 4.79 Å². The monoisotopic (exact) mass is 323 g/mol. The van der Waals surface area contributed by atoms with Crippen LogP contribution in [-0.2, 0) is 11.3 Å². The molecule has 1 aromatic carbocycles. The van der Waals surface area contributed by atoms with Crippen LogP contribution in [0.3, 0.4) is 0 Å². The molecule has 1 aliphatic rings. The second-order valence-corrected chi connectivity index (χ2v) is 6.86. The molecule has 6 heteroatoms. The third kappa shape index (κ3) is 9.05. The number of nitrogens with two attached hydrogens (primary N) is 2. The first-order valence-corrected chi connectivity index (χ1v) is 7.91. The van der Waals surface area contributed by atoms with Gasteiger partial charge in [0.1, 0.15) is 11.4 Å². The van der Waals surface area contributed by atoms with Gasteiger partial charge < -0.3 is 26.6 Å².